The molecule has 5 nitrogen and oxygen atoms in total. The summed E-state index contributed by atoms with van der Waals surface area (Å²) in [6.07, 6.45) is 0. The molecule has 0 bridgehead atoms. The average molecular weight is 821 g/mol. The van der Waals surface area contributed by atoms with Gasteiger partial charge in [0, 0.05) is 43.8 Å². The molecule has 3 aromatic heterocycles. The van der Waals surface area contributed by atoms with Crippen LogP contribution >= 0.6 is 0 Å². The zero-order valence-corrected chi connectivity index (χ0v) is 35.3. The molecular formula is C59H40N4O. The van der Waals surface area contributed by atoms with Crippen molar-refractivity contribution < 1.29 is 4.42 Å². The van der Waals surface area contributed by atoms with E-state index in [0.29, 0.717) is 17.6 Å². The highest BCUT2D eigenvalue weighted by Crippen LogP contribution is 2.44. The van der Waals surface area contributed by atoms with Crippen LogP contribution in [0.25, 0.3) is 127 Å². The summed E-state index contributed by atoms with van der Waals surface area (Å²) in [5, 5.41) is 11.4. The molecule has 0 fully saturated rings. The number of hydrogen-bond acceptors (Lipinski definition) is 4. The molecule has 0 aliphatic heterocycles. The molecule has 0 radical (unpaired) electrons. The zero-order valence-electron chi connectivity index (χ0n) is 35.3. The van der Waals surface area contributed by atoms with E-state index in [1.165, 1.54) is 16.2 Å². The first kappa shape index (κ1) is 37.4. The van der Waals surface area contributed by atoms with Gasteiger partial charge in [-0.3, -0.25) is 4.57 Å². The normalized spacial score (nSPS) is 11.6. The average Bonchev–Trinajstić information content (AvgIpc) is 3.92. The van der Waals surface area contributed by atoms with Crippen LogP contribution in [0, 0.1) is 0 Å². The summed E-state index contributed by atoms with van der Waals surface area (Å²) in [5.74, 6) is 1.73. The van der Waals surface area contributed by atoms with E-state index in [9.17, 15) is 0 Å². The number of benzene rings is 10. The van der Waals surface area contributed by atoms with Gasteiger partial charge in [-0.15, -0.1) is 0 Å². The molecule has 0 atom stereocenters. The van der Waals surface area contributed by atoms with Crippen LogP contribution < -0.4 is 0 Å². The maximum Gasteiger partial charge on any atom is 0.238 e. The molecule has 13 aromatic rings. The lowest BCUT2D eigenvalue weighted by Crippen LogP contribution is -2.07. The molecule has 302 valence electrons. The fourth-order valence-electron chi connectivity index (χ4n) is 9.45. The van der Waals surface area contributed by atoms with Crippen LogP contribution in [0.15, 0.2) is 211 Å². The molecular weight excluding hydrogens is 781 g/mol. The summed E-state index contributed by atoms with van der Waals surface area (Å²) >= 11 is 0. The molecule has 0 amide bonds. The smallest absolute Gasteiger partial charge is 0.238 e. The minimum atomic E-state index is 0.538. The fraction of sp³-hybridized carbons (Fsp3) is 0.0339. The summed E-state index contributed by atoms with van der Waals surface area (Å²) < 4.78 is 9.11. The molecule has 0 aliphatic rings. The van der Waals surface area contributed by atoms with E-state index in [0.717, 1.165) is 93.3 Å². The molecule has 0 saturated heterocycles. The Morgan fingerprint density at radius 3 is 1.72 bits per heavy atom. The quantitative estimate of drug-likeness (QED) is 0.174. The number of nitrogens with zero attached hydrogens (tertiary/aromatic N) is 4. The lowest BCUT2D eigenvalue weighted by atomic mass is 9.98. The van der Waals surface area contributed by atoms with Gasteiger partial charge in [0.2, 0.25) is 5.95 Å². The van der Waals surface area contributed by atoms with Crippen LogP contribution in [-0.2, 0) is 0 Å². The van der Waals surface area contributed by atoms with Gasteiger partial charge >= 0.3 is 0 Å². The summed E-state index contributed by atoms with van der Waals surface area (Å²) in [4.78, 5) is 16.0. The highest BCUT2D eigenvalue weighted by atomic mass is 16.3. The maximum absolute atomic E-state index is 6.86. The molecule has 10 aromatic carbocycles. The molecule has 0 spiro atoms. The van der Waals surface area contributed by atoms with E-state index in [-0.39, 0.29) is 0 Å². The number of para-hydroxylation sites is 2. The Morgan fingerprint density at radius 1 is 0.375 bits per heavy atom. The fourth-order valence-corrected chi connectivity index (χ4v) is 9.45. The van der Waals surface area contributed by atoms with Gasteiger partial charge < -0.3 is 4.42 Å². The van der Waals surface area contributed by atoms with Crippen molar-refractivity contribution in [2.75, 3.05) is 0 Å². The molecule has 0 N–H and O–H groups in total. The molecule has 13 rings (SSSR count). The lowest BCUT2D eigenvalue weighted by molar-refractivity contribution is 0.670. The number of hydrogen-bond donors (Lipinski definition) is 0. The van der Waals surface area contributed by atoms with Gasteiger partial charge in [-0.2, -0.15) is 9.97 Å². The Morgan fingerprint density at radius 2 is 0.938 bits per heavy atom. The molecule has 5 heteroatoms. The minimum Gasteiger partial charge on any atom is -0.455 e. The summed E-state index contributed by atoms with van der Waals surface area (Å²) in [7, 11) is 0. The second-order valence-electron chi connectivity index (χ2n) is 16.0. The van der Waals surface area contributed by atoms with E-state index >= 15 is 0 Å². The predicted molar refractivity (Wildman–Crippen MR) is 267 cm³/mol. The third-order valence-corrected chi connectivity index (χ3v) is 12.4. The van der Waals surface area contributed by atoms with Crippen LogP contribution in [0.2, 0.25) is 0 Å². The van der Waals surface area contributed by atoms with Crippen LogP contribution in [0.3, 0.4) is 0 Å². The number of aromatic nitrogens is 4. The van der Waals surface area contributed by atoms with Gasteiger partial charge in [-0.1, -0.05) is 196 Å². The number of fused-ring (bicyclic) bond motifs is 10. The lowest BCUT2D eigenvalue weighted by Gasteiger charge is -2.14. The largest absolute Gasteiger partial charge is 0.455 e. The van der Waals surface area contributed by atoms with Crippen LogP contribution in [0.4, 0.5) is 0 Å². The maximum atomic E-state index is 6.86. The Balaban J connectivity index is 0.00000214. The van der Waals surface area contributed by atoms with E-state index in [1.807, 2.05) is 19.9 Å². The topological polar surface area (TPSA) is 56.7 Å². The monoisotopic (exact) mass is 820 g/mol. The third kappa shape index (κ3) is 6.04. The van der Waals surface area contributed by atoms with E-state index in [4.69, 9.17) is 19.4 Å². The number of rotatable bonds is 5. The van der Waals surface area contributed by atoms with Crippen molar-refractivity contribution in [2.24, 2.45) is 0 Å². The Labute approximate surface area is 369 Å². The second kappa shape index (κ2) is 15.2. The Hall–Kier alpha value is -8.41. The molecule has 0 unspecified atom stereocenters. The van der Waals surface area contributed by atoms with Crippen LogP contribution in [-0.4, -0.2) is 19.5 Å². The van der Waals surface area contributed by atoms with Crippen molar-refractivity contribution in [3.05, 3.63) is 206 Å². The summed E-state index contributed by atoms with van der Waals surface area (Å²) in [6.45, 7) is 4.00. The van der Waals surface area contributed by atoms with Gasteiger partial charge in [0.25, 0.3) is 0 Å². The van der Waals surface area contributed by atoms with Gasteiger partial charge in [-0.05, 0) is 67.7 Å². The summed E-state index contributed by atoms with van der Waals surface area (Å²) in [6, 6.07) is 72.7. The minimum absolute atomic E-state index is 0.538. The summed E-state index contributed by atoms with van der Waals surface area (Å²) in [5.41, 5.74) is 9.86. The molecule has 0 saturated carbocycles. The van der Waals surface area contributed by atoms with Crippen LogP contribution in [0.1, 0.15) is 13.8 Å². The molecule has 64 heavy (non-hydrogen) atoms. The highest BCUT2D eigenvalue weighted by Gasteiger charge is 2.23. The highest BCUT2D eigenvalue weighted by molar-refractivity contribution is 6.23. The Kier molecular flexibility index (Phi) is 8.87. The van der Waals surface area contributed by atoms with Crippen molar-refractivity contribution >= 4 is 76.1 Å². The van der Waals surface area contributed by atoms with Gasteiger partial charge in [-0.25, -0.2) is 4.98 Å². The SMILES string of the molecule is CC.c1ccc(-c2ccc(-c3nc(-c4ccc5ccccc5c4)nc(-n4c5cc6ccccc6cc5c5cccc(-c6cccc7c6oc6ccc8ccccc8c67)c54)n3)cc2)cc1. The molecule has 0 aliphatic carbocycles. The van der Waals surface area contributed by atoms with Crippen molar-refractivity contribution in [3.8, 4) is 51.0 Å². The van der Waals surface area contributed by atoms with Crippen molar-refractivity contribution in [3.63, 3.8) is 0 Å². The van der Waals surface area contributed by atoms with E-state index in [2.05, 4.69) is 205 Å². The third-order valence-electron chi connectivity index (χ3n) is 12.4. The number of furan rings is 1. The van der Waals surface area contributed by atoms with Gasteiger partial charge in [0.1, 0.15) is 11.2 Å². The Bertz CT molecular complexity index is 3920. The predicted octanol–water partition coefficient (Wildman–Crippen LogP) is 16.0. The molecule has 3 heterocycles. The second-order valence-corrected chi connectivity index (χ2v) is 16.0. The first-order valence-corrected chi connectivity index (χ1v) is 21.9. The standard InChI is InChI=1S/C57H34N4O.C2H6/c1-2-12-35(13-3-1)37-24-27-39(28-25-37)55-58-56(43-29-26-36-14-4-5-16-40(36)32-43)60-57(59-55)61-50-34-42-18-7-6-17-41(42)33-49(50)46-21-10-20-45(53(46)61)47-22-11-23-48-52-44-19-9-8-15-38(44)30-31-51(52)62-54(47)48;1-2/h1-34H;1-2H3. The van der Waals surface area contributed by atoms with Crippen molar-refractivity contribution in [2.45, 2.75) is 13.8 Å². The van der Waals surface area contributed by atoms with E-state index in [1.54, 1.807) is 0 Å². The van der Waals surface area contributed by atoms with Gasteiger partial charge in [0.15, 0.2) is 11.6 Å². The van der Waals surface area contributed by atoms with Crippen LogP contribution in [0.5, 0.6) is 0 Å². The van der Waals surface area contributed by atoms with Crippen molar-refractivity contribution in [1.82, 2.24) is 19.5 Å². The van der Waals surface area contributed by atoms with Crippen molar-refractivity contribution in [1.29, 1.82) is 0 Å². The van der Waals surface area contributed by atoms with Gasteiger partial charge in [0.05, 0.1) is 11.0 Å². The first-order chi connectivity index (χ1) is 31.7. The van der Waals surface area contributed by atoms with E-state index < -0.39 is 0 Å². The zero-order chi connectivity index (χ0) is 42.7. The first-order valence-electron chi connectivity index (χ1n) is 21.9.